The van der Waals surface area contributed by atoms with Gasteiger partial charge in [-0.1, -0.05) is 23.7 Å². The lowest BCUT2D eigenvalue weighted by molar-refractivity contribution is 0.102. The number of carbonyl (C=O) groups excluding carboxylic acids is 1. The maximum atomic E-state index is 12.5. The molecule has 0 saturated carbocycles. The van der Waals surface area contributed by atoms with Crippen LogP contribution in [0.15, 0.2) is 65.2 Å². The highest BCUT2D eigenvalue weighted by Crippen LogP contribution is 2.30. The van der Waals surface area contributed by atoms with E-state index in [0.717, 1.165) is 11.1 Å². The smallest absolute Gasteiger partial charge is 0.255 e. The highest BCUT2D eigenvalue weighted by atomic mass is 35.5. The molecule has 2 aromatic carbocycles. The van der Waals surface area contributed by atoms with Gasteiger partial charge in [-0.3, -0.25) is 4.79 Å². The van der Waals surface area contributed by atoms with Crippen LogP contribution in [0.25, 0.3) is 22.7 Å². The Hall–Kier alpha value is -3.18. The second-order valence-corrected chi connectivity index (χ2v) is 6.22. The van der Waals surface area contributed by atoms with Gasteiger partial charge in [0, 0.05) is 28.0 Å². The number of nitrogens with zero attached hydrogens (tertiary/aromatic N) is 2. The summed E-state index contributed by atoms with van der Waals surface area (Å²) in [6, 6.07) is 16.0. The molecule has 0 aliphatic heterocycles. The summed E-state index contributed by atoms with van der Waals surface area (Å²) in [6.07, 6.45) is 1.67. The van der Waals surface area contributed by atoms with E-state index in [1.165, 1.54) is 0 Å². The molecule has 0 aliphatic carbocycles. The lowest BCUT2D eigenvalue weighted by atomic mass is 10.1. The number of amides is 1. The normalized spacial score (nSPS) is 10.8. The minimum Gasteiger partial charge on any atom is -0.434 e. The monoisotopic (exact) mass is 363 g/mol. The second-order valence-electron chi connectivity index (χ2n) is 5.79. The summed E-state index contributed by atoms with van der Waals surface area (Å²) in [5.41, 5.74) is 4.00. The Bertz CT molecular complexity index is 1090. The molecular formula is C20H14ClN3O2. The molecule has 0 spiro atoms. The molecular weight excluding hydrogens is 350 g/mol. The van der Waals surface area contributed by atoms with Gasteiger partial charge < -0.3 is 9.73 Å². The molecule has 2 aromatic heterocycles. The minimum absolute atomic E-state index is 0.230. The highest BCUT2D eigenvalue weighted by molar-refractivity contribution is 6.31. The average Bonchev–Trinajstić information content (AvgIpc) is 3.07. The van der Waals surface area contributed by atoms with E-state index in [1.54, 1.807) is 36.5 Å². The first kappa shape index (κ1) is 16.3. The Morgan fingerprint density at radius 3 is 2.77 bits per heavy atom. The zero-order valence-corrected chi connectivity index (χ0v) is 14.6. The topological polar surface area (TPSA) is 68.0 Å². The molecule has 128 valence electrons. The summed E-state index contributed by atoms with van der Waals surface area (Å²) in [6.45, 7) is 1.91. The second kappa shape index (κ2) is 6.61. The number of anilines is 1. The molecule has 0 unspecified atom stereocenters. The van der Waals surface area contributed by atoms with Crippen LogP contribution in [-0.2, 0) is 0 Å². The fourth-order valence-electron chi connectivity index (χ4n) is 2.71. The average molecular weight is 364 g/mol. The lowest BCUT2D eigenvalue weighted by Gasteiger charge is -2.11. The molecule has 0 fully saturated rings. The number of aromatic nitrogens is 2. The van der Waals surface area contributed by atoms with E-state index >= 15 is 0 Å². The lowest BCUT2D eigenvalue weighted by Crippen LogP contribution is -2.12. The first-order chi connectivity index (χ1) is 12.6. The van der Waals surface area contributed by atoms with E-state index in [9.17, 15) is 4.79 Å². The Morgan fingerprint density at radius 2 is 1.96 bits per heavy atom. The van der Waals surface area contributed by atoms with Crippen LogP contribution in [0, 0.1) is 6.92 Å². The van der Waals surface area contributed by atoms with Crippen molar-refractivity contribution in [2.24, 2.45) is 0 Å². The fraction of sp³-hybridized carbons (Fsp3) is 0.0500. The predicted octanol–water partition coefficient (Wildman–Crippen LogP) is 5.10. The standard InChI is InChI=1S/C20H14ClN3O2/c1-12-15(20-24-18-17(26-20)9-4-10-22-18)7-3-8-16(12)23-19(25)13-5-2-6-14(21)11-13/h2-11H,1H3,(H,23,25). The van der Waals surface area contributed by atoms with Gasteiger partial charge in [-0.15, -0.1) is 0 Å². The van der Waals surface area contributed by atoms with Crippen LogP contribution < -0.4 is 5.32 Å². The van der Waals surface area contributed by atoms with Crippen LogP contribution in [0.3, 0.4) is 0 Å². The van der Waals surface area contributed by atoms with E-state index in [-0.39, 0.29) is 5.91 Å². The van der Waals surface area contributed by atoms with Crippen LogP contribution in [0.2, 0.25) is 5.02 Å². The van der Waals surface area contributed by atoms with Gasteiger partial charge in [0.05, 0.1) is 0 Å². The van der Waals surface area contributed by atoms with E-state index in [1.807, 2.05) is 31.2 Å². The number of pyridine rings is 1. The van der Waals surface area contributed by atoms with Crippen molar-refractivity contribution in [3.63, 3.8) is 0 Å². The van der Waals surface area contributed by atoms with Crippen molar-refractivity contribution in [3.8, 4) is 11.5 Å². The Balaban J connectivity index is 1.68. The molecule has 4 rings (SSSR count). The van der Waals surface area contributed by atoms with Gasteiger partial charge in [-0.25, -0.2) is 4.98 Å². The Morgan fingerprint density at radius 1 is 1.12 bits per heavy atom. The Labute approximate surface area is 154 Å². The summed E-state index contributed by atoms with van der Waals surface area (Å²) >= 11 is 5.96. The first-order valence-corrected chi connectivity index (χ1v) is 8.38. The molecule has 4 aromatic rings. The summed E-state index contributed by atoms with van der Waals surface area (Å²) in [7, 11) is 0. The number of fused-ring (bicyclic) bond motifs is 1. The number of benzene rings is 2. The van der Waals surface area contributed by atoms with Crippen LogP contribution in [0.5, 0.6) is 0 Å². The van der Waals surface area contributed by atoms with Gasteiger partial charge in [0.1, 0.15) is 0 Å². The third-order valence-electron chi connectivity index (χ3n) is 4.06. The largest absolute Gasteiger partial charge is 0.434 e. The van der Waals surface area contributed by atoms with Gasteiger partial charge in [0.25, 0.3) is 5.91 Å². The predicted molar refractivity (Wildman–Crippen MR) is 101 cm³/mol. The van der Waals surface area contributed by atoms with Gasteiger partial charge in [-0.05, 0) is 55.0 Å². The molecule has 0 atom stereocenters. The van der Waals surface area contributed by atoms with Crippen molar-refractivity contribution in [2.45, 2.75) is 6.92 Å². The number of halogens is 1. The molecule has 0 bridgehead atoms. The van der Waals surface area contributed by atoms with Gasteiger partial charge in [0.2, 0.25) is 5.89 Å². The summed E-state index contributed by atoms with van der Waals surface area (Å²) < 4.78 is 5.79. The molecule has 0 saturated heterocycles. The highest BCUT2D eigenvalue weighted by Gasteiger charge is 2.15. The van der Waals surface area contributed by atoms with Crippen molar-refractivity contribution in [1.82, 2.24) is 9.97 Å². The first-order valence-electron chi connectivity index (χ1n) is 8.00. The molecule has 6 heteroatoms. The molecule has 0 aliphatic rings. The van der Waals surface area contributed by atoms with Crippen molar-refractivity contribution < 1.29 is 9.21 Å². The molecule has 1 amide bonds. The maximum Gasteiger partial charge on any atom is 0.255 e. The minimum atomic E-state index is -0.230. The van der Waals surface area contributed by atoms with Crippen LogP contribution in [0.1, 0.15) is 15.9 Å². The van der Waals surface area contributed by atoms with E-state index in [0.29, 0.717) is 33.4 Å². The summed E-state index contributed by atoms with van der Waals surface area (Å²) in [4.78, 5) is 21.1. The van der Waals surface area contributed by atoms with E-state index < -0.39 is 0 Å². The maximum absolute atomic E-state index is 12.5. The quantitative estimate of drug-likeness (QED) is 0.549. The third kappa shape index (κ3) is 3.05. The molecule has 26 heavy (non-hydrogen) atoms. The van der Waals surface area contributed by atoms with Crippen LogP contribution >= 0.6 is 11.6 Å². The van der Waals surface area contributed by atoms with E-state index in [2.05, 4.69) is 15.3 Å². The zero-order chi connectivity index (χ0) is 18.1. The summed E-state index contributed by atoms with van der Waals surface area (Å²) in [5.74, 6) is 0.238. The molecule has 2 heterocycles. The number of nitrogens with one attached hydrogen (secondary N) is 1. The van der Waals surface area contributed by atoms with Gasteiger partial charge in [0.15, 0.2) is 11.2 Å². The number of rotatable bonds is 3. The molecule has 1 N–H and O–H groups in total. The Kier molecular flexibility index (Phi) is 4.14. The van der Waals surface area contributed by atoms with Crippen LogP contribution in [0.4, 0.5) is 5.69 Å². The number of hydrogen-bond donors (Lipinski definition) is 1. The van der Waals surface area contributed by atoms with Crippen molar-refractivity contribution in [3.05, 3.63) is 76.9 Å². The summed E-state index contributed by atoms with van der Waals surface area (Å²) in [5, 5.41) is 3.43. The molecule has 5 nitrogen and oxygen atoms in total. The zero-order valence-electron chi connectivity index (χ0n) is 13.9. The van der Waals surface area contributed by atoms with E-state index in [4.69, 9.17) is 16.0 Å². The number of hydrogen-bond acceptors (Lipinski definition) is 4. The van der Waals surface area contributed by atoms with Crippen LogP contribution in [-0.4, -0.2) is 15.9 Å². The van der Waals surface area contributed by atoms with Crippen molar-refractivity contribution in [1.29, 1.82) is 0 Å². The van der Waals surface area contributed by atoms with Crippen molar-refractivity contribution in [2.75, 3.05) is 5.32 Å². The number of carbonyl (C=O) groups is 1. The SMILES string of the molecule is Cc1c(NC(=O)c2cccc(Cl)c2)cccc1-c1nc2ncccc2o1. The molecule has 0 radical (unpaired) electrons. The number of oxazole rings is 1. The van der Waals surface area contributed by atoms with Crippen molar-refractivity contribution >= 4 is 34.4 Å². The van der Waals surface area contributed by atoms with Gasteiger partial charge in [-0.2, -0.15) is 4.98 Å². The third-order valence-corrected chi connectivity index (χ3v) is 4.30. The fourth-order valence-corrected chi connectivity index (χ4v) is 2.90. The van der Waals surface area contributed by atoms with Gasteiger partial charge >= 0.3 is 0 Å².